The maximum Gasteiger partial charge on any atom is 0.157 e. The van der Waals surface area contributed by atoms with Crippen LogP contribution < -0.4 is 0 Å². The van der Waals surface area contributed by atoms with Gasteiger partial charge in [-0.05, 0) is 25.3 Å². The lowest BCUT2D eigenvalue weighted by Gasteiger charge is -2.07. The van der Waals surface area contributed by atoms with Gasteiger partial charge in [-0.2, -0.15) is 0 Å². The van der Waals surface area contributed by atoms with Crippen LogP contribution in [0.2, 0.25) is 5.15 Å². The van der Waals surface area contributed by atoms with Crippen LogP contribution in [0, 0.1) is 19.8 Å². The van der Waals surface area contributed by atoms with Crippen molar-refractivity contribution in [2.45, 2.75) is 34.3 Å². The van der Waals surface area contributed by atoms with Gasteiger partial charge in [-0.25, -0.2) is 9.97 Å². The van der Waals surface area contributed by atoms with Crippen molar-refractivity contribution in [3.8, 4) is 0 Å². The van der Waals surface area contributed by atoms with Gasteiger partial charge < -0.3 is 9.47 Å². The van der Waals surface area contributed by atoms with E-state index in [4.69, 9.17) is 21.1 Å². The highest BCUT2D eigenvalue weighted by Gasteiger charge is 2.13. The van der Waals surface area contributed by atoms with Crippen molar-refractivity contribution in [3.63, 3.8) is 0 Å². The first kappa shape index (κ1) is 16.6. The number of hydrogen-bond acceptors (Lipinski definition) is 5. The Morgan fingerprint density at radius 2 is 1.86 bits per heavy atom. The van der Waals surface area contributed by atoms with Crippen LogP contribution in [-0.2, 0) is 16.1 Å². The van der Waals surface area contributed by atoms with Crippen LogP contribution in [0.3, 0.4) is 0 Å². The summed E-state index contributed by atoms with van der Waals surface area (Å²) in [6.45, 7) is 10.6. The fourth-order valence-electron chi connectivity index (χ4n) is 1.91. The number of nitrogens with zero attached hydrogens (tertiary/aromatic N) is 2. The van der Waals surface area contributed by atoms with Crippen molar-refractivity contribution in [1.29, 1.82) is 0 Å². The highest BCUT2D eigenvalue weighted by atomic mass is 35.5. The van der Waals surface area contributed by atoms with E-state index >= 15 is 0 Å². The smallest absolute Gasteiger partial charge is 0.157 e. The molecule has 0 spiro atoms. The average Bonchev–Trinajstić information content (AvgIpc) is 2.69. The minimum Gasteiger partial charge on any atom is -0.379 e. The Labute approximate surface area is 134 Å². The van der Waals surface area contributed by atoms with E-state index in [0.717, 1.165) is 22.4 Å². The average molecular weight is 329 g/mol. The van der Waals surface area contributed by atoms with Crippen molar-refractivity contribution in [1.82, 2.24) is 9.97 Å². The Kier molecular flexibility index (Phi) is 5.93. The lowest BCUT2D eigenvalue weighted by molar-refractivity contribution is 0.0295. The topological polar surface area (TPSA) is 44.2 Å². The second-order valence-corrected chi connectivity index (χ2v) is 6.98. The number of ether oxygens (including phenoxy) is 2. The summed E-state index contributed by atoms with van der Waals surface area (Å²) in [5, 5.41) is 1.47. The molecule has 4 nitrogen and oxygen atoms in total. The van der Waals surface area contributed by atoms with Gasteiger partial charge in [0.05, 0.1) is 18.6 Å². The number of rotatable bonds is 7. The van der Waals surface area contributed by atoms with Crippen LogP contribution >= 0.6 is 22.9 Å². The zero-order valence-corrected chi connectivity index (χ0v) is 14.5. The molecule has 0 amide bonds. The third-order valence-electron chi connectivity index (χ3n) is 3.09. The molecule has 0 saturated carbocycles. The summed E-state index contributed by atoms with van der Waals surface area (Å²) >= 11 is 7.90. The third kappa shape index (κ3) is 4.36. The van der Waals surface area contributed by atoms with Crippen LogP contribution in [0.1, 0.15) is 30.1 Å². The van der Waals surface area contributed by atoms with Crippen molar-refractivity contribution < 1.29 is 9.47 Å². The van der Waals surface area contributed by atoms with Crippen LogP contribution in [0.4, 0.5) is 0 Å². The highest BCUT2D eigenvalue weighted by Crippen LogP contribution is 2.32. The minimum atomic E-state index is 0.358. The molecule has 0 bridgehead atoms. The molecule has 2 rings (SSSR count). The van der Waals surface area contributed by atoms with E-state index in [-0.39, 0.29) is 0 Å². The molecule has 2 heterocycles. The lowest BCUT2D eigenvalue weighted by Crippen LogP contribution is -2.09. The van der Waals surface area contributed by atoms with E-state index in [0.29, 0.717) is 36.7 Å². The first-order chi connectivity index (χ1) is 9.99. The Hall–Kier alpha value is -0.750. The van der Waals surface area contributed by atoms with Crippen LogP contribution in [-0.4, -0.2) is 29.8 Å². The van der Waals surface area contributed by atoms with E-state index in [2.05, 4.69) is 30.7 Å². The number of halogens is 1. The zero-order chi connectivity index (χ0) is 15.4. The molecule has 2 aromatic rings. The largest absolute Gasteiger partial charge is 0.379 e. The molecule has 0 aliphatic carbocycles. The zero-order valence-electron chi connectivity index (χ0n) is 12.9. The summed E-state index contributed by atoms with van der Waals surface area (Å²) in [6, 6.07) is 0. The monoisotopic (exact) mass is 328 g/mol. The first-order valence-electron chi connectivity index (χ1n) is 7.06. The molecule has 0 N–H and O–H groups in total. The number of fused-ring (bicyclic) bond motifs is 1. The van der Waals surface area contributed by atoms with Crippen molar-refractivity contribution >= 4 is 33.2 Å². The molecule has 0 aliphatic rings. The van der Waals surface area contributed by atoms with E-state index in [1.807, 2.05) is 6.92 Å². The molecule has 0 radical (unpaired) electrons. The van der Waals surface area contributed by atoms with Crippen molar-refractivity contribution in [2.24, 2.45) is 5.92 Å². The van der Waals surface area contributed by atoms with E-state index in [1.165, 1.54) is 4.88 Å². The number of thiophene rings is 1. The summed E-state index contributed by atoms with van der Waals surface area (Å²) in [5.74, 6) is 1.16. The Balaban J connectivity index is 1.91. The van der Waals surface area contributed by atoms with Crippen LogP contribution in [0.5, 0.6) is 0 Å². The fourth-order valence-corrected chi connectivity index (χ4v) is 3.34. The lowest BCUT2D eigenvalue weighted by atomic mass is 10.2. The van der Waals surface area contributed by atoms with Crippen molar-refractivity contribution in [3.05, 3.63) is 21.4 Å². The standard InChI is InChI=1S/C15H21ClN2O2S/c1-9(2)7-19-5-6-20-8-12-17-14(16)13-10(3)11(4)21-15(13)18-12/h9H,5-8H2,1-4H3. The van der Waals surface area contributed by atoms with Gasteiger partial charge in [0, 0.05) is 11.5 Å². The molecular formula is C15H21ClN2O2S. The SMILES string of the molecule is Cc1sc2nc(COCCOCC(C)C)nc(Cl)c2c1C. The van der Waals surface area contributed by atoms with Crippen molar-refractivity contribution in [2.75, 3.05) is 19.8 Å². The van der Waals surface area contributed by atoms with Gasteiger partial charge in [-0.15, -0.1) is 11.3 Å². The van der Waals surface area contributed by atoms with Gasteiger partial charge in [0.2, 0.25) is 0 Å². The van der Waals surface area contributed by atoms with E-state index < -0.39 is 0 Å². The first-order valence-corrected chi connectivity index (χ1v) is 8.26. The van der Waals surface area contributed by atoms with E-state index in [9.17, 15) is 0 Å². The number of hydrogen-bond donors (Lipinski definition) is 0. The molecule has 0 aromatic carbocycles. The van der Waals surface area contributed by atoms with Crippen LogP contribution in [0.15, 0.2) is 0 Å². The Bertz CT molecular complexity index is 613. The maximum atomic E-state index is 6.25. The molecule has 0 atom stereocenters. The number of aromatic nitrogens is 2. The van der Waals surface area contributed by atoms with Gasteiger partial charge in [0.25, 0.3) is 0 Å². The summed E-state index contributed by atoms with van der Waals surface area (Å²) < 4.78 is 11.0. The van der Waals surface area contributed by atoms with E-state index in [1.54, 1.807) is 11.3 Å². The fraction of sp³-hybridized carbons (Fsp3) is 0.600. The van der Waals surface area contributed by atoms with Crippen LogP contribution in [0.25, 0.3) is 10.2 Å². The quantitative estimate of drug-likeness (QED) is 0.565. The van der Waals surface area contributed by atoms with Gasteiger partial charge in [0.15, 0.2) is 5.82 Å². The Morgan fingerprint density at radius 3 is 2.57 bits per heavy atom. The maximum absolute atomic E-state index is 6.25. The molecule has 6 heteroatoms. The summed E-state index contributed by atoms with van der Waals surface area (Å²) in [7, 11) is 0. The van der Waals surface area contributed by atoms with Gasteiger partial charge in [-0.3, -0.25) is 0 Å². The normalized spacial score (nSPS) is 11.7. The number of aryl methyl sites for hydroxylation is 2. The Morgan fingerprint density at radius 1 is 1.14 bits per heavy atom. The van der Waals surface area contributed by atoms with Gasteiger partial charge >= 0.3 is 0 Å². The molecule has 0 fully saturated rings. The second kappa shape index (κ2) is 7.49. The predicted octanol–water partition coefficient (Wildman–Crippen LogP) is 4.15. The molecule has 21 heavy (non-hydrogen) atoms. The van der Waals surface area contributed by atoms with Gasteiger partial charge in [-0.1, -0.05) is 25.4 Å². The molecule has 0 unspecified atom stereocenters. The summed E-state index contributed by atoms with van der Waals surface area (Å²) in [6.07, 6.45) is 0. The molecule has 0 saturated heterocycles. The summed E-state index contributed by atoms with van der Waals surface area (Å²) in [4.78, 5) is 11.0. The highest BCUT2D eigenvalue weighted by molar-refractivity contribution is 7.18. The van der Waals surface area contributed by atoms with Gasteiger partial charge in [0.1, 0.15) is 16.6 Å². The molecule has 2 aromatic heterocycles. The second-order valence-electron chi connectivity index (χ2n) is 5.42. The predicted molar refractivity (Wildman–Crippen MR) is 87.2 cm³/mol. The summed E-state index contributed by atoms with van der Waals surface area (Å²) in [5.41, 5.74) is 1.16. The molecular weight excluding hydrogens is 308 g/mol. The molecule has 0 aliphatic heterocycles. The molecule has 116 valence electrons. The minimum absolute atomic E-state index is 0.358. The third-order valence-corrected chi connectivity index (χ3v) is 4.46.